The van der Waals surface area contributed by atoms with Gasteiger partial charge in [-0.3, -0.25) is 0 Å². The summed E-state index contributed by atoms with van der Waals surface area (Å²) in [5.41, 5.74) is -0.635. The maximum Gasteiger partial charge on any atom is 0.125 e. The minimum Gasteiger partial charge on any atom is -0.378 e. The summed E-state index contributed by atoms with van der Waals surface area (Å²) in [6.45, 7) is 4.09. The lowest BCUT2D eigenvalue weighted by Gasteiger charge is -2.13. The van der Waals surface area contributed by atoms with Crippen molar-refractivity contribution in [2.75, 3.05) is 0 Å². The molecule has 0 aliphatic heterocycles. The molecule has 0 spiro atoms. The van der Waals surface area contributed by atoms with Gasteiger partial charge in [0.15, 0.2) is 0 Å². The van der Waals surface area contributed by atoms with Crippen LogP contribution in [0.4, 0.5) is 0 Å². The number of aliphatic hydroxyl groups is 1. The van der Waals surface area contributed by atoms with E-state index in [0.717, 1.165) is 25.7 Å². The zero-order valence-corrected chi connectivity index (χ0v) is 7.35. The molecule has 1 aliphatic carbocycles. The Morgan fingerprint density at radius 3 is 2.27 bits per heavy atom. The quantitative estimate of drug-likeness (QED) is 0.526. The Balaban J connectivity index is 2.54. The molecule has 1 nitrogen and oxygen atoms in total. The van der Waals surface area contributed by atoms with Gasteiger partial charge in [0, 0.05) is 5.92 Å². The van der Waals surface area contributed by atoms with Crippen molar-refractivity contribution in [1.29, 1.82) is 0 Å². The van der Waals surface area contributed by atoms with Crippen LogP contribution in [0, 0.1) is 17.8 Å². The monoisotopic (exact) mass is 152 g/mol. The Hall–Kier alpha value is -0.480. The predicted molar refractivity (Wildman–Crippen MR) is 46.0 cm³/mol. The van der Waals surface area contributed by atoms with Gasteiger partial charge >= 0.3 is 0 Å². The first-order valence-electron chi connectivity index (χ1n) is 4.37. The molecule has 1 saturated carbocycles. The Kier molecular flexibility index (Phi) is 2.57. The van der Waals surface area contributed by atoms with Crippen LogP contribution in [0.3, 0.4) is 0 Å². The van der Waals surface area contributed by atoms with Crippen molar-refractivity contribution in [2.45, 2.75) is 45.1 Å². The zero-order chi connectivity index (χ0) is 8.32. The highest BCUT2D eigenvalue weighted by atomic mass is 16.3. The van der Waals surface area contributed by atoms with E-state index in [0.29, 0.717) is 5.92 Å². The Morgan fingerprint density at radius 2 is 1.82 bits per heavy atom. The van der Waals surface area contributed by atoms with Gasteiger partial charge in [-0.15, -0.1) is 0 Å². The first-order chi connectivity index (χ1) is 5.12. The summed E-state index contributed by atoms with van der Waals surface area (Å²) in [4.78, 5) is 0. The maximum absolute atomic E-state index is 9.77. The van der Waals surface area contributed by atoms with E-state index in [2.05, 4.69) is 11.8 Å². The van der Waals surface area contributed by atoms with Crippen molar-refractivity contribution in [3.05, 3.63) is 0 Å². The molecule has 0 unspecified atom stereocenters. The van der Waals surface area contributed by atoms with Crippen LogP contribution < -0.4 is 0 Å². The number of hydrogen-bond donors (Lipinski definition) is 1. The van der Waals surface area contributed by atoms with Gasteiger partial charge in [0.2, 0.25) is 0 Å². The molecule has 0 radical (unpaired) electrons. The van der Waals surface area contributed by atoms with Crippen LogP contribution in [0.25, 0.3) is 0 Å². The Labute approximate surface area is 68.8 Å². The number of rotatable bonds is 0. The second kappa shape index (κ2) is 3.28. The van der Waals surface area contributed by atoms with Gasteiger partial charge in [0.1, 0.15) is 5.60 Å². The molecule has 0 amide bonds. The molecule has 0 aromatic rings. The van der Waals surface area contributed by atoms with Gasteiger partial charge < -0.3 is 5.11 Å². The lowest BCUT2D eigenvalue weighted by atomic mass is 10.0. The van der Waals surface area contributed by atoms with Gasteiger partial charge in [0.25, 0.3) is 0 Å². The van der Waals surface area contributed by atoms with Gasteiger partial charge in [-0.25, -0.2) is 0 Å². The minimum atomic E-state index is -0.635. The fraction of sp³-hybridized carbons (Fsp3) is 0.800. The Bertz CT molecular complexity index is 177. The van der Waals surface area contributed by atoms with E-state index < -0.39 is 5.60 Å². The third-order valence-electron chi connectivity index (χ3n) is 2.02. The molecular weight excluding hydrogens is 136 g/mol. The summed E-state index contributed by atoms with van der Waals surface area (Å²) < 4.78 is 0. The Morgan fingerprint density at radius 1 is 1.27 bits per heavy atom. The van der Waals surface area contributed by atoms with Crippen LogP contribution in [0.15, 0.2) is 0 Å². The summed E-state index contributed by atoms with van der Waals surface area (Å²) in [6.07, 6.45) is 3.99. The summed E-state index contributed by atoms with van der Waals surface area (Å²) in [5.74, 6) is 6.37. The second-order valence-corrected chi connectivity index (χ2v) is 3.66. The zero-order valence-electron chi connectivity index (χ0n) is 7.35. The van der Waals surface area contributed by atoms with Crippen molar-refractivity contribution in [2.24, 2.45) is 5.92 Å². The summed E-state index contributed by atoms with van der Waals surface area (Å²) in [6, 6.07) is 0. The summed E-state index contributed by atoms with van der Waals surface area (Å²) in [7, 11) is 0. The fourth-order valence-electron chi connectivity index (χ4n) is 1.36. The molecule has 0 aromatic heterocycles. The molecule has 1 rings (SSSR count). The van der Waals surface area contributed by atoms with E-state index >= 15 is 0 Å². The molecule has 0 bridgehead atoms. The average Bonchev–Trinajstić information content (AvgIpc) is 2.33. The van der Waals surface area contributed by atoms with Crippen LogP contribution in [-0.2, 0) is 0 Å². The van der Waals surface area contributed by atoms with Crippen LogP contribution in [-0.4, -0.2) is 10.7 Å². The summed E-state index contributed by atoms with van der Waals surface area (Å²) >= 11 is 0. The third kappa shape index (κ3) is 2.55. The van der Waals surface area contributed by atoms with E-state index in [9.17, 15) is 5.11 Å². The molecule has 1 heteroatoms. The SMILES string of the molecule is CC(C)C#CC1(O)CCCC1. The molecule has 0 aromatic carbocycles. The molecule has 1 fully saturated rings. The lowest BCUT2D eigenvalue weighted by molar-refractivity contribution is 0.109. The maximum atomic E-state index is 9.77. The van der Waals surface area contributed by atoms with Crippen molar-refractivity contribution >= 4 is 0 Å². The van der Waals surface area contributed by atoms with Gasteiger partial charge in [0.05, 0.1) is 0 Å². The third-order valence-corrected chi connectivity index (χ3v) is 2.02. The molecule has 0 atom stereocenters. The first kappa shape index (κ1) is 8.62. The smallest absolute Gasteiger partial charge is 0.125 e. The van der Waals surface area contributed by atoms with E-state index in [-0.39, 0.29) is 0 Å². The standard InChI is InChI=1S/C10H16O/c1-9(2)5-8-10(11)6-3-4-7-10/h9,11H,3-4,6-7H2,1-2H3. The van der Waals surface area contributed by atoms with Crippen LogP contribution in [0.5, 0.6) is 0 Å². The van der Waals surface area contributed by atoms with E-state index in [1.54, 1.807) is 0 Å². The lowest BCUT2D eigenvalue weighted by Crippen LogP contribution is -2.20. The van der Waals surface area contributed by atoms with Crippen molar-refractivity contribution in [3.63, 3.8) is 0 Å². The average molecular weight is 152 g/mol. The van der Waals surface area contributed by atoms with E-state index in [1.807, 2.05) is 13.8 Å². The van der Waals surface area contributed by atoms with E-state index in [4.69, 9.17) is 0 Å². The molecular formula is C10H16O. The van der Waals surface area contributed by atoms with Crippen LogP contribution in [0.2, 0.25) is 0 Å². The fourth-order valence-corrected chi connectivity index (χ4v) is 1.36. The van der Waals surface area contributed by atoms with Crippen LogP contribution in [0.1, 0.15) is 39.5 Å². The highest BCUT2D eigenvalue weighted by Gasteiger charge is 2.28. The normalized spacial score (nSPS) is 21.5. The molecule has 0 heterocycles. The van der Waals surface area contributed by atoms with E-state index in [1.165, 1.54) is 0 Å². The largest absolute Gasteiger partial charge is 0.378 e. The van der Waals surface area contributed by atoms with Crippen molar-refractivity contribution in [1.82, 2.24) is 0 Å². The topological polar surface area (TPSA) is 20.2 Å². The second-order valence-electron chi connectivity index (χ2n) is 3.66. The highest BCUT2D eigenvalue weighted by molar-refractivity contribution is 5.16. The minimum absolute atomic E-state index is 0.375. The predicted octanol–water partition coefficient (Wildman–Crippen LogP) is 1.95. The van der Waals surface area contributed by atoms with Crippen molar-refractivity contribution < 1.29 is 5.11 Å². The molecule has 62 valence electrons. The highest BCUT2D eigenvalue weighted by Crippen LogP contribution is 2.28. The van der Waals surface area contributed by atoms with Crippen molar-refractivity contribution in [3.8, 4) is 11.8 Å². The molecule has 1 N–H and O–H groups in total. The van der Waals surface area contributed by atoms with Gasteiger partial charge in [-0.1, -0.05) is 25.7 Å². The summed E-state index contributed by atoms with van der Waals surface area (Å²) in [5, 5.41) is 9.77. The van der Waals surface area contributed by atoms with Gasteiger partial charge in [-0.2, -0.15) is 0 Å². The first-order valence-corrected chi connectivity index (χ1v) is 4.37. The molecule has 0 saturated heterocycles. The van der Waals surface area contributed by atoms with Crippen LogP contribution >= 0.6 is 0 Å². The van der Waals surface area contributed by atoms with Gasteiger partial charge in [-0.05, 0) is 25.7 Å². The molecule has 1 aliphatic rings. The molecule has 11 heavy (non-hydrogen) atoms. The number of hydrogen-bond acceptors (Lipinski definition) is 1.